The molecule has 5 nitrogen and oxygen atoms in total. The molecule has 0 radical (unpaired) electrons. The van der Waals surface area contributed by atoms with Crippen LogP contribution in [0.3, 0.4) is 0 Å². The van der Waals surface area contributed by atoms with Gasteiger partial charge in [-0.25, -0.2) is 9.97 Å². The molecule has 0 aromatic carbocycles. The predicted molar refractivity (Wildman–Crippen MR) is 64.8 cm³/mol. The topological polar surface area (TPSA) is 71.7 Å². The zero-order valence-electron chi connectivity index (χ0n) is 10.2. The fourth-order valence-corrected chi connectivity index (χ4v) is 1.48. The molecule has 2 rings (SSSR count). The number of pyridine rings is 1. The summed E-state index contributed by atoms with van der Waals surface area (Å²) in [5.41, 5.74) is 3.45. The summed E-state index contributed by atoms with van der Waals surface area (Å²) in [5, 5.41) is 8.62. The lowest BCUT2D eigenvalue weighted by Gasteiger charge is -2.06. The Morgan fingerprint density at radius 1 is 1.17 bits per heavy atom. The van der Waals surface area contributed by atoms with Crippen molar-refractivity contribution in [3.63, 3.8) is 0 Å². The van der Waals surface area contributed by atoms with Gasteiger partial charge < -0.3 is 4.74 Å². The summed E-state index contributed by atoms with van der Waals surface area (Å²) in [7, 11) is 0. The summed E-state index contributed by atoms with van der Waals surface area (Å²) in [6.07, 6.45) is 4.65. The quantitative estimate of drug-likeness (QED) is 0.819. The standard InChI is InChI=1S/C13H12N4O/c1-9-3-10(2)12(15-5-9)8-18-13-16-6-11(4-14)7-17-13/h3,5-7H,8H2,1-2H3. The number of aryl methyl sites for hydroxylation is 2. The Morgan fingerprint density at radius 2 is 1.89 bits per heavy atom. The zero-order chi connectivity index (χ0) is 13.0. The summed E-state index contributed by atoms with van der Waals surface area (Å²) in [5.74, 6) is 0. The average Bonchev–Trinajstić information content (AvgIpc) is 2.38. The van der Waals surface area contributed by atoms with E-state index in [-0.39, 0.29) is 6.01 Å². The molecular formula is C13H12N4O. The highest BCUT2D eigenvalue weighted by molar-refractivity contribution is 5.24. The Morgan fingerprint density at radius 3 is 2.50 bits per heavy atom. The van der Waals surface area contributed by atoms with Gasteiger partial charge in [0.05, 0.1) is 23.7 Å². The van der Waals surface area contributed by atoms with Crippen molar-refractivity contribution in [1.29, 1.82) is 5.26 Å². The van der Waals surface area contributed by atoms with E-state index in [4.69, 9.17) is 10.00 Å². The van der Waals surface area contributed by atoms with E-state index in [1.807, 2.05) is 26.0 Å². The van der Waals surface area contributed by atoms with Crippen LogP contribution >= 0.6 is 0 Å². The first kappa shape index (κ1) is 12.0. The number of nitrogens with zero attached hydrogens (tertiary/aromatic N) is 4. The molecule has 0 unspecified atom stereocenters. The van der Waals surface area contributed by atoms with Crippen LogP contribution in [0, 0.1) is 25.2 Å². The fourth-order valence-electron chi connectivity index (χ4n) is 1.48. The van der Waals surface area contributed by atoms with Crippen LogP contribution in [0.25, 0.3) is 0 Å². The van der Waals surface area contributed by atoms with Crippen LogP contribution in [0.5, 0.6) is 6.01 Å². The number of ether oxygens (including phenoxy) is 1. The molecule has 0 saturated heterocycles. The van der Waals surface area contributed by atoms with Crippen LogP contribution in [0.4, 0.5) is 0 Å². The molecule has 0 bridgehead atoms. The van der Waals surface area contributed by atoms with Crippen LogP contribution in [-0.4, -0.2) is 15.0 Å². The molecule has 90 valence electrons. The SMILES string of the molecule is Cc1cnc(COc2ncc(C#N)cn2)c(C)c1. The Labute approximate surface area is 105 Å². The van der Waals surface area contributed by atoms with E-state index >= 15 is 0 Å². The maximum Gasteiger partial charge on any atom is 0.316 e. The Bertz CT molecular complexity index is 587. The van der Waals surface area contributed by atoms with E-state index < -0.39 is 0 Å². The Hall–Kier alpha value is -2.48. The highest BCUT2D eigenvalue weighted by Gasteiger charge is 2.03. The molecule has 0 aliphatic heterocycles. The molecule has 0 aliphatic rings. The lowest BCUT2D eigenvalue weighted by Crippen LogP contribution is -2.03. The average molecular weight is 240 g/mol. The molecule has 2 aromatic heterocycles. The van der Waals surface area contributed by atoms with E-state index in [1.165, 1.54) is 12.4 Å². The smallest absolute Gasteiger partial charge is 0.316 e. The van der Waals surface area contributed by atoms with Crippen LogP contribution < -0.4 is 4.74 Å². The summed E-state index contributed by atoms with van der Waals surface area (Å²) in [4.78, 5) is 12.2. The molecule has 0 aliphatic carbocycles. The van der Waals surface area contributed by atoms with Gasteiger partial charge in [0.15, 0.2) is 0 Å². The van der Waals surface area contributed by atoms with Gasteiger partial charge in [-0.3, -0.25) is 4.98 Å². The third kappa shape index (κ3) is 2.80. The van der Waals surface area contributed by atoms with Gasteiger partial charge in [0.2, 0.25) is 0 Å². The minimum Gasteiger partial charge on any atom is -0.457 e. The molecule has 18 heavy (non-hydrogen) atoms. The maximum absolute atomic E-state index is 8.62. The zero-order valence-corrected chi connectivity index (χ0v) is 10.2. The van der Waals surface area contributed by atoms with Crippen molar-refractivity contribution in [2.45, 2.75) is 20.5 Å². The maximum atomic E-state index is 8.62. The van der Waals surface area contributed by atoms with Crippen LogP contribution in [0.15, 0.2) is 24.7 Å². The van der Waals surface area contributed by atoms with Crippen molar-refractivity contribution >= 4 is 0 Å². The monoisotopic (exact) mass is 240 g/mol. The second kappa shape index (κ2) is 5.23. The van der Waals surface area contributed by atoms with E-state index in [9.17, 15) is 0 Å². The summed E-state index contributed by atoms with van der Waals surface area (Å²) in [6, 6.07) is 4.24. The van der Waals surface area contributed by atoms with Crippen LogP contribution in [-0.2, 0) is 6.61 Å². The van der Waals surface area contributed by atoms with Gasteiger partial charge in [-0.05, 0) is 25.0 Å². The van der Waals surface area contributed by atoms with E-state index in [1.54, 1.807) is 6.20 Å². The molecule has 0 N–H and O–H groups in total. The third-order valence-corrected chi connectivity index (χ3v) is 2.42. The number of aromatic nitrogens is 3. The first-order valence-electron chi connectivity index (χ1n) is 5.46. The highest BCUT2D eigenvalue weighted by atomic mass is 16.5. The minimum atomic E-state index is 0.246. The molecule has 2 heterocycles. The summed E-state index contributed by atoms with van der Waals surface area (Å²) >= 11 is 0. The fraction of sp³-hybridized carbons (Fsp3) is 0.231. The minimum absolute atomic E-state index is 0.246. The Balaban J connectivity index is 2.04. The van der Waals surface area contributed by atoms with E-state index in [2.05, 4.69) is 15.0 Å². The van der Waals surface area contributed by atoms with Crippen molar-refractivity contribution in [2.75, 3.05) is 0 Å². The van der Waals surface area contributed by atoms with Crippen molar-refractivity contribution in [3.8, 4) is 12.1 Å². The van der Waals surface area contributed by atoms with Crippen molar-refractivity contribution in [3.05, 3.63) is 47.0 Å². The number of hydrogen-bond donors (Lipinski definition) is 0. The van der Waals surface area contributed by atoms with Gasteiger partial charge in [0.1, 0.15) is 12.7 Å². The molecule has 0 atom stereocenters. The second-order valence-electron chi connectivity index (χ2n) is 3.93. The van der Waals surface area contributed by atoms with Crippen LogP contribution in [0.2, 0.25) is 0 Å². The summed E-state index contributed by atoms with van der Waals surface area (Å²) < 4.78 is 5.42. The second-order valence-corrected chi connectivity index (χ2v) is 3.93. The number of nitriles is 1. The van der Waals surface area contributed by atoms with E-state index in [0.29, 0.717) is 12.2 Å². The highest BCUT2D eigenvalue weighted by Crippen LogP contribution is 2.10. The van der Waals surface area contributed by atoms with Gasteiger partial charge in [-0.15, -0.1) is 0 Å². The van der Waals surface area contributed by atoms with Crippen molar-refractivity contribution in [1.82, 2.24) is 15.0 Å². The molecule has 2 aromatic rings. The predicted octanol–water partition coefficient (Wildman–Crippen LogP) is 1.94. The van der Waals surface area contributed by atoms with Gasteiger partial charge in [-0.1, -0.05) is 6.07 Å². The van der Waals surface area contributed by atoms with Crippen molar-refractivity contribution in [2.24, 2.45) is 0 Å². The van der Waals surface area contributed by atoms with Gasteiger partial charge in [0.25, 0.3) is 0 Å². The molecule has 0 fully saturated rings. The first-order chi connectivity index (χ1) is 8.69. The van der Waals surface area contributed by atoms with Gasteiger partial charge in [-0.2, -0.15) is 5.26 Å². The third-order valence-electron chi connectivity index (χ3n) is 2.42. The lowest BCUT2D eigenvalue weighted by atomic mass is 10.2. The number of rotatable bonds is 3. The Kier molecular flexibility index (Phi) is 3.49. The van der Waals surface area contributed by atoms with Gasteiger partial charge >= 0.3 is 6.01 Å². The molecule has 5 heteroatoms. The molecular weight excluding hydrogens is 228 g/mol. The van der Waals surface area contributed by atoms with Crippen LogP contribution in [0.1, 0.15) is 22.4 Å². The first-order valence-corrected chi connectivity index (χ1v) is 5.46. The lowest BCUT2D eigenvalue weighted by molar-refractivity contribution is 0.275. The van der Waals surface area contributed by atoms with E-state index in [0.717, 1.165) is 16.8 Å². The summed E-state index contributed by atoms with van der Waals surface area (Å²) in [6.45, 7) is 4.30. The normalized spacial score (nSPS) is 9.83. The largest absolute Gasteiger partial charge is 0.457 e. The molecule has 0 spiro atoms. The van der Waals surface area contributed by atoms with Crippen molar-refractivity contribution < 1.29 is 4.74 Å². The van der Waals surface area contributed by atoms with Gasteiger partial charge in [0, 0.05) is 6.20 Å². The number of hydrogen-bond acceptors (Lipinski definition) is 5. The molecule has 0 saturated carbocycles. The molecule has 0 amide bonds.